The summed E-state index contributed by atoms with van der Waals surface area (Å²) in [5.41, 5.74) is 10.5. The van der Waals surface area contributed by atoms with Gasteiger partial charge in [0.2, 0.25) is 11.8 Å². The SMILES string of the molecule is CCCCc1cc(C(C)C(=O)NNC(=O)C(C)c2cc(CCCC)c(O)c(CCCC)c2)cc(CCCC)c1O. The predicted molar refractivity (Wildman–Crippen MR) is 164 cm³/mol. The van der Waals surface area contributed by atoms with Gasteiger partial charge in [-0.3, -0.25) is 20.4 Å². The van der Waals surface area contributed by atoms with Crippen LogP contribution in [0.2, 0.25) is 0 Å². The molecule has 6 heteroatoms. The lowest BCUT2D eigenvalue weighted by molar-refractivity contribution is -0.130. The van der Waals surface area contributed by atoms with E-state index >= 15 is 0 Å². The number of aryl methyl sites for hydroxylation is 4. The first-order valence-electron chi connectivity index (χ1n) is 15.5. The van der Waals surface area contributed by atoms with Crippen LogP contribution in [0.15, 0.2) is 24.3 Å². The van der Waals surface area contributed by atoms with Gasteiger partial charge in [-0.25, -0.2) is 0 Å². The van der Waals surface area contributed by atoms with Gasteiger partial charge in [0.1, 0.15) is 11.5 Å². The molecule has 0 aromatic heterocycles. The Balaban J connectivity index is 2.18. The van der Waals surface area contributed by atoms with Crippen LogP contribution in [0.25, 0.3) is 0 Å². The van der Waals surface area contributed by atoms with E-state index in [-0.39, 0.29) is 11.8 Å². The Labute approximate surface area is 241 Å². The van der Waals surface area contributed by atoms with Gasteiger partial charge in [-0.1, -0.05) is 77.6 Å². The minimum atomic E-state index is -0.494. The summed E-state index contributed by atoms with van der Waals surface area (Å²) < 4.78 is 0. The number of carbonyl (C=O) groups excluding carboxylic acids is 2. The number of hydrogen-bond donors (Lipinski definition) is 4. The van der Waals surface area contributed by atoms with Crippen LogP contribution < -0.4 is 10.9 Å². The predicted octanol–water partition coefficient (Wildman–Crippen LogP) is 7.52. The highest BCUT2D eigenvalue weighted by atomic mass is 16.3. The van der Waals surface area contributed by atoms with Gasteiger partial charge in [0.15, 0.2) is 0 Å². The zero-order valence-electron chi connectivity index (χ0n) is 25.7. The standard InChI is InChI=1S/C34H52N2O4/c1-7-11-15-25-19-29(20-26(31(25)37)16-12-8-2)23(5)33(39)35-36-34(40)24(6)30-21-27(17-13-9-3)32(38)28(22-30)18-14-10-4/h19-24,37-38H,7-18H2,1-6H3,(H,35,39)(H,36,40). The van der Waals surface area contributed by atoms with Crippen molar-refractivity contribution in [2.75, 3.05) is 0 Å². The number of benzene rings is 2. The number of phenolic OH excluding ortho intramolecular Hbond substituents is 2. The van der Waals surface area contributed by atoms with E-state index in [1.807, 2.05) is 38.1 Å². The molecule has 0 aliphatic heterocycles. The Morgan fingerprint density at radius 2 is 0.825 bits per heavy atom. The van der Waals surface area contributed by atoms with Gasteiger partial charge in [0, 0.05) is 0 Å². The molecule has 4 N–H and O–H groups in total. The number of amides is 2. The number of hydrogen-bond acceptors (Lipinski definition) is 4. The first kappa shape index (κ1) is 33.2. The molecular weight excluding hydrogens is 500 g/mol. The Bertz CT molecular complexity index is 966. The van der Waals surface area contributed by atoms with E-state index in [1.165, 1.54) is 0 Å². The molecule has 222 valence electrons. The molecule has 2 amide bonds. The minimum Gasteiger partial charge on any atom is -0.507 e. The van der Waals surface area contributed by atoms with Crippen molar-refractivity contribution in [3.63, 3.8) is 0 Å². The van der Waals surface area contributed by atoms with E-state index < -0.39 is 11.8 Å². The first-order valence-corrected chi connectivity index (χ1v) is 15.5. The molecule has 0 aliphatic rings. The Morgan fingerprint density at radius 3 is 1.05 bits per heavy atom. The van der Waals surface area contributed by atoms with Gasteiger partial charge in [0.05, 0.1) is 11.8 Å². The molecule has 0 radical (unpaired) electrons. The van der Waals surface area contributed by atoms with Crippen LogP contribution >= 0.6 is 0 Å². The van der Waals surface area contributed by atoms with E-state index in [4.69, 9.17) is 0 Å². The molecule has 0 saturated heterocycles. The molecule has 0 spiro atoms. The van der Waals surface area contributed by atoms with Crippen molar-refractivity contribution in [3.05, 3.63) is 57.6 Å². The summed E-state index contributed by atoms with van der Waals surface area (Å²) in [5, 5.41) is 21.6. The van der Waals surface area contributed by atoms with Gasteiger partial charge in [-0.05, 0) is 98.6 Å². The lowest BCUT2D eigenvalue weighted by Crippen LogP contribution is -2.45. The van der Waals surface area contributed by atoms with Crippen molar-refractivity contribution >= 4 is 11.8 Å². The second-order valence-corrected chi connectivity index (χ2v) is 11.2. The molecule has 2 aromatic carbocycles. The fourth-order valence-corrected chi connectivity index (χ4v) is 4.95. The lowest BCUT2D eigenvalue weighted by atomic mass is 9.91. The zero-order valence-corrected chi connectivity index (χ0v) is 25.7. The second kappa shape index (κ2) is 16.9. The van der Waals surface area contributed by atoms with Crippen LogP contribution in [0, 0.1) is 0 Å². The smallest absolute Gasteiger partial charge is 0.245 e. The monoisotopic (exact) mass is 552 g/mol. The molecule has 2 atom stereocenters. The Kier molecular flexibility index (Phi) is 14.1. The van der Waals surface area contributed by atoms with Crippen LogP contribution in [-0.4, -0.2) is 22.0 Å². The summed E-state index contributed by atoms with van der Waals surface area (Å²) in [6.07, 6.45) is 11.0. The molecule has 2 rings (SSSR count). The van der Waals surface area contributed by atoms with Crippen LogP contribution in [0.5, 0.6) is 11.5 Å². The van der Waals surface area contributed by atoms with Gasteiger partial charge < -0.3 is 10.2 Å². The summed E-state index contributed by atoms with van der Waals surface area (Å²) in [6, 6.07) is 7.73. The van der Waals surface area contributed by atoms with Crippen molar-refractivity contribution in [1.82, 2.24) is 10.9 Å². The largest absolute Gasteiger partial charge is 0.507 e. The Hall–Kier alpha value is -3.02. The van der Waals surface area contributed by atoms with E-state index in [2.05, 4.69) is 38.5 Å². The van der Waals surface area contributed by atoms with Crippen LogP contribution in [0.3, 0.4) is 0 Å². The maximum absolute atomic E-state index is 13.1. The summed E-state index contributed by atoms with van der Waals surface area (Å²) in [6.45, 7) is 12.1. The zero-order chi connectivity index (χ0) is 29.7. The quantitative estimate of drug-likeness (QED) is 0.162. The van der Waals surface area contributed by atoms with E-state index in [0.717, 1.165) is 110 Å². The van der Waals surface area contributed by atoms with Crippen LogP contribution in [-0.2, 0) is 35.3 Å². The number of rotatable bonds is 16. The Morgan fingerprint density at radius 1 is 0.575 bits per heavy atom. The van der Waals surface area contributed by atoms with Crippen molar-refractivity contribution in [2.24, 2.45) is 0 Å². The fraction of sp³-hybridized carbons (Fsp3) is 0.588. The average molecular weight is 553 g/mol. The molecule has 0 aliphatic carbocycles. The van der Waals surface area contributed by atoms with Gasteiger partial charge in [0.25, 0.3) is 0 Å². The molecule has 40 heavy (non-hydrogen) atoms. The lowest BCUT2D eigenvalue weighted by Gasteiger charge is -2.20. The molecule has 6 nitrogen and oxygen atoms in total. The molecule has 2 aromatic rings. The van der Waals surface area contributed by atoms with Crippen LogP contribution in [0.4, 0.5) is 0 Å². The first-order chi connectivity index (χ1) is 19.2. The molecule has 0 heterocycles. The average Bonchev–Trinajstić information content (AvgIpc) is 2.96. The maximum Gasteiger partial charge on any atom is 0.245 e. The van der Waals surface area contributed by atoms with Crippen molar-refractivity contribution in [1.29, 1.82) is 0 Å². The number of nitrogens with one attached hydrogen (secondary N) is 2. The molecule has 0 fully saturated rings. The molecule has 2 unspecified atom stereocenters. The summed E-state index contributed by atoms with van der Waals surface area (Å²) >= 11 is 0. The van der Waals surface area contributed by atoms with Crippen LogP contribution in [0.1, 0.15) is 138 Å². The van der Waals surface area contributed by atoms with Gasteiger partial charge in [-0.2, -0.15) is 0 Å². The van der Waals surface area contributed by atoms with E-state index in [1.54, 1.807) is 0 Å². The summed E-state index contributed by atoms with van der Waals surface area (Å²) in [5.74, 6) is -0.880. The highest BCUT2D eigenvalue weighted by Gasteiger charge is 2.22. The minimum absolute atomic E-state index is 0.299. The molecule has 0 saturated carbocycles. The van der Waals surface area contributed by atoms with Crippen molar-refractivity contribution in [2.45, 2.75) is 130 Å². The third-order valence-corrected chi connectivity index (χ3v) is 7.87. The summed E-state index contributed by atoms with van der Waals surface area (Å²) in [4.78, 5) is 26.2. The molecule has 0 bridgehead atoms. The maximum atomic E-state index is 13.1. The highest BCUT2D eigenvalue weighted by molar-refractivity contribution is 5.88. The number of unbranched alkanes of at least 4 members (excludes halogenated alkanes) is 4. The van der Waals surface area contributed by atoms with Gasteiger partial charge >= 0.3 is 0 Å². The summed E-state index contributed by atoms with van der Waals surface area (Å²) in [7, 11) is 0. The van der Waals surface area contributed by atoms with Crippen molar-refractivity contribution < 1.29 is 19.8 Å². The number of hydrazine groups is 1. The second-order valence-electron chi connectivity index (χ2n) is 11.2. The fourth-order valence-electron chi connectivity index (χ4n) is 4.95. The van der Waals surface area contributed by atoms with E-state index in [9.17, 15) is 19.8 Å². The third kappa shape index (κ3) is 9.28. The normalized spacial score (nSPS) is 12.7. The van der Waals surface area contributed by atoms with E-state index in [0.29, 0.717) is 11.5 Å². The van der Waals surface area contributed by atoms with Gasteiger partial charge in [-0.15, -0.1) is 0 Å². The number of phenols is 2. The number of aromatic hydroxyl groups is 2. The topological polar surface area (TPSA) is 98.7 Å². The molecular formula is C34H52N2O4. The van der Waals surface area contributed by atoms with Crippen molar-refractivity contribution in [3.8, 4) is 11.5 Å². The number of carbonyl (C=O) groups is 2. The third-order valence-electron chi connectivity index (χ3n) is 7.87. The highest BCUT2D eigenvalue weighted by Crippen LogP contribution is 2.32.